The van der Waals surface area contributed by atoms with Crippen LogP contribution in [-0.4, -0.2) is 17.8 Å². The van der Waals surface area contributed by atoms with Crippen LogP contribution in [0.2, 0.25) is 0 Å². The first-order valence-electron chi connectivity index (χ1n) is 4.39. The third-order valence-corrected chi connectivity index (χ3v) is 2.45. The molecule has 1 atom stereocenters. The van der Waals surface area contributed by atoms with Gasteiger partial charge >= 0.3 is 0 Å². The van der Waals surface area contributed by atoms with Crippen molar-refractivity contribution in [2.45, 2.75) is 19.4 Å². The van der Waals surface area contributed by atoms with Gasteiger partial charge in [-0.05, 0) is 34.5 Å². The average Bonchev–Trinajstić information content (AvgIpc) is 2.19. The quantitative estimate of drug-likeness (QED) is 0.905. The molecular weight excluding hydrogens is 251 g/mol. The Hall–Kier alpha value is -0.610. The van der Waals surface area contributed by atoms with Gasteiger partial charge in [0.15, 0.2) is 0 Å². The van der Waals surface area contributed by atoms with E-state index in [9.17, 15) is 9.50 Å². The lowest BCUT2D eigenvalue weighted by Gasteiger charge is -2.10. The molecule has 0 aromatic heterocycles. The summed E-state index contributed by atoms with van der Waals surface area (Å²) in [5, 5.41) is 9.22. The van der Waals surface area contributed by atoms with Crippen molar-refractivity contribution in [1.29, 1.82) is 0 Å². The van der Waals surface area contributed by atoms with Crippen molar-refractivity contribution in [2.24, 2.45) is 0 Å². The van der Waals surface area contributed by atoms with Crippen LogP contribution in [0.4, 0.5) is 4.39 Å². The second-order valence-corrected chi connectivity index (χ2v) is 3.80. The lowest BCUT2D eigenvalue weighted by molar-refractivity contribution is 0.104. The van der Waals surface area contributed by atoms with Crippen LogP contribution in [0.15, 0.2) is 22.7 Å². The third-order valence-electron chi connectivity index (χ3n) is 1.80. The molecule has 14 heavy (non-hydrogen) atoms. The van der Waals surface area contributed by atoms with E-state index in [0.717, 1.165) is 0 Å². The SMILES string of the molecule is CCC(O)COc1ccc(Br)c(F)c1. The smallest absolute Gasteiger partial charge is 0.141 e. The molecule has 0 fully saturated rings. The van der Waals surface area contributed by atoms with Gasteiger partial charge in [-0.3, -0.25) is 0 Å². The van der Waals surface area contributed by atoms with Crippen molar-refractivity contribution in [3.05, 3.63) is 28.5 Å². The van der Waals surface area contributed by atoms with E-state index >= 15 is 0 Å². The molecule has 0 aliphatic carbocycles. The summed E-state index contributed by atoms with van der Waals surface area (Å²) in [5.74, 6) is 0.0617. The number of halogens is 2. The maximum absolute atomic E-state index is 13.0. The standard InChI is InChI=1S/C10H12BrFO2/c1-2-7(13)6-14-8-3-4-9(11)10(12)5-8/h3-5,7,13H,2,6H2,1H3. The normalized spacial score (nSPS) is 12.6. The number of hydrogen-bond donors (Lipinski definition) is 1. The molecule has 0 bridgehead atoms. The number of hydrogen-bond acceptors (Lipinski definition) is 2. The van der Waals surface area contributed by atoms with E-state index in [0.29, 0.717) is 16.6 Å². The van der Waals surface area contributed by atoms with E-state index in [2.05, 4.69) is 15.9 Å². The van der Waals surface area contributed by atoms with Crippen molar-refractivity contribution in [2.75, 3.05) is 6.61 Å². The van der Waals surface area contributed by atoms with Crippen molar-refractivity contribution < 1.29 is 14.2 Å². The largest absolute Gasteiger partial charge is 0.491 e. The van der Waals surface area contributed by atoms with E-state index in [4.69, 9.17) is 4.74 Å². The van der Waals surface area contributed by atoms with Gasteiger partial charge in [0.25, 0.3) is 0 Å². The van der Waals surface area contributed by atoms with Crippen molar-refractivity contribution in [1.82, 2.24) is 0 Å². The van der Waals surface area contributed by atoms with E-state index in [1.54, 1.807) is 12.1 Å². The molecule has 0 aliphatic rings. The fourth-order valence-electron chi connectivity index (χ4n) is 0.877. The summed E-state index contributed by atoms with van der Waals surface area (Å²) in [5.41, 5.74) is 0. The molecule has 1 rings (SSSR count). The molecule has 0 amide bonds. The van der Waals surface area contributed by atoms with Crippen LogP contribution in [0, 0.1) is 5.82 Å². The van der Waals surface area contributed by atoms with Gasteiger partial charge in [0, 0.05) is 6.07 Å². The maximum atomic E-state index is 13.0. The highest BCUT2D eigenvalue weighted by atomic mass is 79.9. The number of ether oxygens (including phenoxy) is 1. The van der Waals surface area contributed by atoms with Crippen LogP contribution in [0.5, 0.6) is 5.75 Å². The molecule has 0 radical (unpaired) electrons. The second kappa shape index (κ2) is 5.32. The highest BCUT2D eigenvalue weighted by molar-refractivity contribution is 9.10. The zero-order valence-corrected chi connectivity index (χ0v) is 9.42. The summed E-state index contributed by atoms with van der Waals surface area (Å²) >= 11 is 3.04. The molecule has 0 saturated carbocycles. The fraction of sp³-hybridized carbons (Fsp3) is 0.400. The lowest BCUT2D eigenvalue weighted by atomic mass is 10.3. The van der Waals surface area contributed by atoms with E-state index in [1.165, 1.54) is 6.07 Å². The second-order valence-electron chi connectivity index (χ2n) is 2.95. The van der Waals surface area contributed by atoms with Crippen LogP contribution in [0.1, 0.15) is 13.3 Å². The predicted molar refractivity (Wildman–Crippen MR) is 55.9 cm³/mol. The molecule has 78 valence electrons. The minimum Gasteiger partial charge on any atom is -0.491 e. The van der Waals surface area contributed by atoms with Crippen LogP contribution in [-0.2, 0) is 0 Å². The molecule has 0 saturated heterocycles. The number of aliphatic hydroxyl groups is 1. The fourth-order valence-corrected chi connectivity index (χ4v) is 1.12. The van der Waals surface area contributed by atoms with E-state index in [1.807, 2.05) is 6.92 Å². The summed E-state index contributed by atoms with van der Waals surface area (Å²) in [6.45, 7) is 2.05. The molecule has 2 nitrogen and oxygen atoms in total. The number of aliphatic hydroxyl groups excluding tert-OH is 1. The zero-order chi connectivity index (χ0) is 10.6. The number of rotatable bonds is 4. The van der Waals surface area contributed by atoms with Gasteiger partial charge in [0.1, 0.15) is 18.2 Å². The van der Waals surface area contributed by atoms with Crippen LogP contribution >= 0.6 is 15.9 Å². The van der Waals surface area contributed by atoms with Gasteiger partial charge in [-0.1, -0.05) is 6.92 Å². The first-order valence-corrected chi connectivity index (χ1v) is 5.18. The van der Waals surface area contributed by atoms with Crippen molar-refractivity contribution in [3.8, 4) is 5.75 Å². The number of benzene rings is 1. The Kier molecular flexibility index (Phi) is 4.35. The summed E-state index contributed by atoms with van der Waals surface area (Å²) in [7, 11) is 0. The van der Waals surface area contributed by atoms with Gasteiger partial charge in [-0.15, -0.1) is 0 Å². The average molecular weight is 263 g/mol. The van der Waals surface area contributed by atoms with Gasteiger partial charge in [0.2, 0.25) is 0 Å². The molecule has 0 spiro atoms. The van der Waals surface area contributed by atoms with E-state index in [-0.39, 0.29) is 12.4 Å². The summed E-state index contributed by atoms with van der Waals surface area (Å²) in [6, 6.07) is 4.50. The minimum absolute atomic E-state index is 0.192. The highest BCUT2D eigenvalue weighted by Gasteiger charge is 2.04. The van der Waals surface area contributed by atoms with E-state index < -0.39 is 6.10 Å². The molecular formula is C10H12BrFO2. The van der Waals surface area contributed by atoms with Gasteiger partial charge in [-0.2, -0.15) is 0 Å². The molecule has 1 aromatic carbocycles. The molecule has 1 aromatic rings. The van der Waals surface area contributed by atoms with Crippen LogP contribution < -0.4 is 4.74 Å². The zero-order valence-electron chi connectivity index (χ0n) is 7.84. The first-order chi connectivity index (χ1) is 6.63. The Morgan fingerprint density at radius 2 is 2.29 bits per heavy atom. The van der Waals surface area contributed by atoms with Crippen molar-refractivity contribution in [3.63, 3.8) is 0 Å². The van der Waals surface area contributed by atoms with Crippen LogP contribution in [0.25, 0.3) is 0 Å². The monoisotopic (exact) mass is 262 g/mol. The van der Waals surface area contributed by atoms with Gasteiger partial charge < -0.3 is 9.84 Å². The van der Waals surface area contributed by atoms with Crippen LogP contribution in [0.3, 0.4) is 0 Å². The summed E-state index contributed by atoms with van der Waals surface area (Å²) in [4.78, 5) is 0. The Morgan fingerprint density at radius 1 is 1.57 bits per heavy atom. The highest BCUT2D eigenvalue weighted by Crippen LogP contribution is 2.20. The Labute approximate surface area is 90.8 Å². The maximum Gasteiger partial charge on any atom is 0.141 e. The van der Waals surface area contributed by atoms with Gasteiger partial charge in [0.05, 0.1) is 10.6 Å². The van der Waals surface area contributed by atoms with Crippen molar-refractivity contribution >= 4 is 15.9 Å². The topological polar surface area (TPSA) is 29.5 Å². The molecule has 0 aliphatic heterocycles. The van der Waals surface area contributed by atoms with Gasteiger partial charge in [-0.25, -0.2) is 4.39 Å². The predicted octanol–water partition coefficient (Wildman–Crippen LogP) is 2.74. The Bertz CT molecular complexity index is 304. The Morgan fingerprint density at radius 3 is 2.86 bits per heavy atom. The molecule has 4 heteroatoms. The third kappa shape index (κ3) is 3.27. The molecule has 0 heterocycles. The first kappa shape index (κ1) is 11.5. The Balaban J connectivity index is 2.55. The molecule has 1 N–H and O–H groups in total. The minimum atomic E-state index is -0.498. The summed E-state index contributed by atoms with van der Waals surface area (Å²) in [6.07, 6.45) is 0.126. The lowest BCUT2D eigenvalue weighted by Crippen LogP contribution is -2.15. The molecule has 1 unspecified atom stereocenters. The summed E-state index contributed by atoms with van der Waals surface area (Å²) < 4.78 is 18.6.